The fourth-order valence-electron chi connectivity index (χ4n) is 3.84. The fourth-order valence-corrected chi connectivity index (χ4v) is 3.84. The Morgan fingerprint density at radius 1 is 1.36 bits per heavy atom. The molecule has 0 amide bonds. The van der Waals surface area contributed by atoms with Crippen molar-refractivity contribution in [3.63, 3.8) is 0 Å². The van der Waals surface area contributed by atoms with Crippen LogP contribution < -0.4 is 0 Å². The molecule has 2 fully saturated rings. The van der Waals surface area contributed by atoms with E-state index >= 15 is 0 Å². The molecule has 2 rings (SSSR count). The summed E-state index contributed by atoms with van der Waals surface area (Å²) in [5.74, 6) is 0.830. The normalized spacial score (nSPS) is 44.6. The number of rotatable bonds is 3. The summed E-state index contributed by atoms with van der Waals surface area (Å²) in [6.07, 6.45) is 4.33. The van der Waals surface area contributed by atoms with Crippen LogP contribution in [0.2, 0.25) is 0 Å². The second-order valence-electron chi connectivity index (χ2n) is 5.89. The fraction of sp³-hybridized carbons (Fsp3) is 1.00. The molecule has 0 radical (unpaired) electrons. The van der Waals surface area contributed by atoms with Crippen molar-refractivity contribution >= 4 is 0 Å². The molecule has 14 heavy (non-hydrogen) atoms. The highest BCUT2D eigenvalue weighted by Crippen LogP contribution is 2.63. The highest BCUT2D eigenvalue weighted by molar-refractivity contribution is 5.09. The monoisotopic (exact) mass is 198 g/mol. The molecule has 0 aliphatic heterocycles. The molecule has 0 saturated heterocycles. The van der Waals surface area contributed by atoms with Gasteiger partial charge in [0, 0.05) is 0 Å². The van der Waals surface area contributed by atoms with Gasteiger partial charge in [0.1, 0.15) is 0 Å². The zero-order chi connectivity index (χ0) is 10.4. The molecule has 2 saturated carbocycles. The van der Waals surface area contributed by atoms with Gasteiger partial charge in [-0.05, 0) is 36.0 Å². The SMILES string of the molecule is CC12CCC(C1)C(C)(C)C2OCCO. The van der Waals surface area contributed by atoms with Crippen molar-refractivity contribution in [1.29, 1.82) is 0 Å². The van der Waals surface area contributed by atoms with E-state index in [1.165, 1.54) is 19.3 Å². The zero-order valence-electron chi connectivity index (χ0n) is 9.55. The van der Waals surface area contributed by atoms with Gasteiger partial charge in [-0.1, -0.05) is 20.8 Å². The molecule has 2 aliphatic rings. The molecular weight excluding hydrogens is 176 g/mol. The molecule has 82 valence electrons. The highest BCUT2D eigenvalue weighted by Gasteiger charge is 2.59. The van der Waals surface area contributed by atoms with Crippen molar-refractivity contribution in [3.05, 3.63) is 0 Å². The molecule has 2 aliphatic carbocycles. The molecule has 2 bridgehead atoms. The van der Waals surface area contributed by atoms with E-state index in [0.29, 0.717) is 23.5 Å². The summed E-state index contributed by atoms with van der Waals surface area (Å²) in [7, 11) is 0. The van der Waals surface area contributed by atoms with E-state index in [0.717, 1.165) is 5.92 Å². The molecule has 3 unspecified atom stereocenters. The quantitative estimate of drug-likeness (QED) is 0.753. The molecule has 0 aromatic heterocycles. The van der Waals surface area contributed by atoms with Gasteiger partial charge in [0.05, 0.1) is 19.3 Å². The third kappa shape index (κ3) is 1.31. The lowest BCUT2D eigenvalue weighted by atomic mass is 9.70. The first-order valence-corrected chi connectivity index (χ1v) is 5.73. The average molecular weight is 198 g/mol. The van der Waals surface area contributed by atoms with E-state index in [9.17, 15) is 0 Å². The largest absolute Gasteiger partial charge is 0.394 e. The van der Waals surface area contributed by atoms with Gasteiger partial charge in [0.25, 0.3) is 0 Å². The van der Waals surface area contributed by atoms with Gasteiger partial charge < -0.3 is 9.84 Å². The molecule has 0 spiro atoms. The number of aliphatic hydroxyl groups excluding tert-OH is 1. The first-order chi connectivity index (χ1) is 6.50. The van der Waals surface area contributed by atoms with Crippen molar-refractivity contribution < 1.29 is 9.84 Å². The standard InChI is InChI=1S/C12H22O2/c1-11(2)9-4-5-12(3,8-9)10(11)14-7-6-13/h9-10,13H,4-8H2,1-3H3. The number of hydrogen-bond acceptors (Lipinski definition) is 2. The van der Waals surface area contributed by atoms with Crippen molar-refractivity contribution in [3.8, 4) is 0 Å². The Morgan fingerprint density at radius 3 is 2.57 bits per heavy atom. The lowest BCUT2D eigenvalue weighted by Crippen LogP contribution is -2.42. The van der Waals surface area contributed by atoms with Crippen LogP contribution in [0.1, 0.15) is 40.0 Å². The van der Waals surface area contributed by atoms with Crippen molar-refractivity contribution in [2.24, 2.45) is 16.7 Å². The molecule has 0 heterocycles. The van der Waals surface area contributed by atoms with Crippen molar-refractivity contribution in [2.45, 2.75) is 46.1 Å². The maximum atomic E-state index is 8.83. The Kier molecular flexibility index (Phi) is 2.39. The zero-order valence-corrected chi connectivity index (χ0v) is 9.55. The van der Waals surface area contributed by atoms with Crippen LogP contribution >= 0.6 is 0 Å². The Balaban J connectivity index is 2.13. The van der Waals surface area contributed by atoms with Crippen LogP contribution in [0, 0.1) is 16.7 Å². The number of fused-ring (bicyclic) bond motifs is 2. The van der Waals surface area contributed by atoms with Gasteiger partial charge in [0.15, 0.2) is 0 Å². The third-order valence-corrected chi connectivity index (χ3v) is 4.51. The molecule has 2 heteroatoms. The van der Waals surface area contributed by atoms with Crippen molar-refractivity contribution in [2.75, 3.05) is 13.2 Å². The first-order valence-electron chi connectivity index (χ1n) is 5.73. The number of ether oxygens (including phenoxy) is 1. The Bertz CT molecular complexity index is 220. The Hall–Kier alpha value is -0.0800. The second-order valence-corrected chi connectivity index (χ2v) is 5.89. The summed E-state index contributed by atoms with van der Waals surface area (Å²) in [6, 6.07) is 0. The van der Waals surface area contributed by atoms with E-state index in [4.69, 9.17) is 9.84 Å². The topological polar surface area (TPSA) is 29.5 Å². The van der Waals surface area contributed by atoms with Crippen LogP contribution in [0.3, 0.4) is 0 Å². The van der Waals surface area contributed by atoms with Gasteiger partial charge in [0.2, 0.25) is 0 Å². The predicted octanol–water partition coefficient (Wildman–Crippen LogP) is 2.21. The maximum Gasteiger partial charge on any atom is 0.0702 e. The first kappa shape index (κ1) is 10.4. The van der Waals surface area contributed by atoms with Gasteiger partial charge in [-0.15, -0.1) is 0 Å². The van der Waals surface area contributed by atoms with Crippen LogP contribution in [-0.4, -0.2) is 24.4 Å². The predicted molar refractivity (Wildman–Crippen MR) is 56.1 cm³/mol. The lowest BCUT2D eigenvalue weighted by Gasteiger charge is -2.42. The number of aliphatic hydroxyl groups is 1. The molecular formula is C12H22O2. The second kappa shape index (κ2) is 3.21. The van der Waals surface area contributed by atoms with Gasteiger partial charge in [-0.25, -0.2) is 0 Å². The minimum absolute atomic E-state index is 0.146. The van der Waals surface area contributed by atoms with Crippen LogP contribution in [-0.2, 0) is 4.74 Å². The minimum Gasteiger partial charge on any atom is -0.394 e. The molecule has 0 aromatic carbocycles. The summed E-state index contributed by atoms with van der Waals surface area (Å²) in [5.41, 5.74) is 0.686. The van der Waals surface area contributed by atoms with Crippen LogP contribution in [0.25, 0.3) is 0 Å². The molecule has 1 N–H and O–H groups in total. The van der Waals surface area contributed by atoms with E-state index < -0.39 is 0 Å². The molecule has 2 nitrogen and oxygen atoms in total. The summed E-state index contributed by atoms with van der Waals surface area (Å²) >= 11 is 0. The highest BCUT2D eigenvalue weighted by atomic mass is 16.5. The summed E-state index contributed by atoms with van der Waals surface area (Å²) in [4.78, 5) is 0. The summed E-state index contributed by atoms with van der Waals surface area (Å²) in [6.45, 7) is 7.64. The van der Waals surface area contributed by atoms with E-state index in [1.54, 1.807) is 0 Å². The third-order valence-electron chi connectivity index (χ3n) is 4.51. The van der Waals surface area contributed by atoms with E-state index in [2.05, 4.69) is 20.8 Å². The van der Waals surface area contributed by atoms with Crippen LogP contribution in [0.15, 0.2) is 0 Å². The van der Waals surface area contributed by atoms with Gasteiger partial charge in [-0.3, -0.25) is 0 Å². The maximum absolute atomic E-state index is 8.83. The van der Waals surface area contributed by atoms with Gasteiger partial charge >= 0.3 is 0 Å². The van der Waals surface area contributed by atoms with Crippen LogP contribution in [0.4, 0.5) is 0 Å². The van der Waals surface area contributed by atoms with Gasteiger partial charge in [-0.2, -0.15) is 0 Å². The summed E-state index contributed by atoms with van der Waals surface area (Å²) < 4.78 is 5.85. The van der Waals surface area contributed by atoms with Crippen molar-refractivity contribution in [1.82, 2.24) is 0 Å². The summed E-state index contributed by atoms with van der Waals surface area (Å²) in [5, 5.41) is 8.83. The minimum atomic E-state index is 0.146. The molecule has 3 atom stereocenters. The Morgan fingerprint density at radius 2 is 2.07 bits per heavy atom. The lowest BCUT2D eigenvalue weighted by molar-refractivity contribution is -0.0957. The molecule has 0 aromatic rings. The smallest absolute Gasteiger partial charge is 0.0702 e. The average Bonchev–Trinajstić information content (AvgIpc) is 2.55. The Labute approximate surface area is 86.6 Å². The van der Waals surface area contributed by atoms with E-state index in [1.807, 2.05) is 0 Å². The van der Waals surface area contributed by atoms with Crippen LogP contribution in [0.5, 0.6) is 0 Å². The van der Waals surface area contributed by atoms with E-state index in [-0.39, 0.29) is 6.61 Å². The number of hydrogen-bond donors (Lipinski definition) is 1.